The fourth-order valence-electron chi connectivity index (χ4n) is 3.33. The molecule has 1 amide bonds. The Balaban J connectivity index is 1.62. The molecule has 2 aromatic rings. The number of benzene rings is 1. The number of thioether (sulfide) groups is 1. The van der Waals surface area contributed by atoms with Crippen LogP contribution in [0.5, 0.6) is 0 Å². The van der Waals surface area contributed by atoms with E-state index >= 15 is 0 Å². The molecule has 3 rings (SSSR count). The number of piperidine rings is 1. The van der Waals surface area contributed by atoms with Crippen molar-refractivity contribution in [3.8, 4) is 0 Å². The highest BCUT2D eigenvalue weighted by atomic mass is 32.2. The van der Waals surface area contributed by atoms with Gasteiger partial charge in [0.1, 0.15) is 5.76 Å². The first-order valence-electron chi connectivity index (χ1n) is 8.66. The van der Waals surface area contributed by atoms with Crippen LogP contribution in [0.1, 0.15) is 35.4 Å². The van der Waals surface area contributed by atoms with Gasteiger partial charge >= 0.3 is 0 Å². The Kier molecular flexibility index (Phi) is 5.97. The number of rotatable bonds is 6. The number of hydrogen-bond donors (Lipinski definition) is 0. The van der Waals surface area contributed by atoms with Crippen molar-refractivity contribution < 1.29 is 14.0 Å². The van der Waals surface area contributed by atoms with Gasteiger partial charge in [0.05, 0.1) is 6.26 Å². The van der Waals surface area contributed by atoms with Crippen molar-refractivity contribution in [2.75, 3.05) is 19.3 Å². The monoisotopic (exact) mass is 357 g/mol. The molecule has 0 aliphatic carbocycles. The Hall–Kier alpha value is -2.01. The van der Waals surface area contributed by atoms with Crippen LogP contribution in [0.2, 0.25) is 0 Å². The SMILES string of the molecule is CSc1ccccc1C(=O)[C@@H]1CCCN(C(=O)CCc2ccco2)C1. The summed E-state index contributed by atoms with van der Waals surface area (Å²) in [4.78, 5) is 28.3. The Labute approximate surface area is 152 Å². The molecule has 1 aromatic heterocycles. The van der Waals surface area contributed by atoms with Gasteiger partial charge in [-0.15, -0.1) is 11.8 Å². The number of likely N-dealkylation sites (tertiary alicyclic amines) is 1. The molecule has 132 valence electrons. The van der Waals surface area contributed by atoms with Crippen LogP contribution in [0.15, 0.2) is 52.0 Å². The van der Waals surface area contributed by atoms with Crippen LogP contribution in [0.4, 0.5) is 0 Å². The maximum absolute atomic E-state index is 12.9. The number of carbonyl (C=O) groups is 2. The van der Waals surface area contributed by atoms with Crippen LogP contribution in [-0.2, 0) is 11.2 Å². The van der Waals surface area contributed by atoms with Crippen LogP contribution in [-0.4, -0.2) is 35.9 Å². The summed E-state index contributed by atoms with van der Waals surface area (Å²) < 4.78 is 5.29. The largest absolute Gasteiger partial charge is 0.469 e. The summed E-state index contributed by atoms with van der Waals surface area (Å²) in [6.45, 7) is 1.27. The average Bonchev–Trinajstić information content (AvgIpc) is 3.19. The number of hydrogen-bond acceptors (Lipinski definition) is 4. The minimum Gasteiger partial charge on any atom is -0.469 e. The Morgan fingerprint density at radius 1 is 1.24 bits per heavy atom. The first-order valence-corrected chi connectivity index (χ1v) is 9.89. The molecule has 4 nitrogen and oxygen atoms in total. The van der Waals surface area contributed by atoms with Crippen LogP contribution >= 0.6 is 11.8 Å². The van der Waals surface area contributed by atoms with Crippen LogP contribution in [0.25, 0.3) is 0 Å². The Morgan fingerprint density at radius 3 is 2.84 bits per heavy atom. The van der Waals surface area contributed by atoms with E-state index in [9.17, 15) is 9.59 Å². The lowest BCUT2D eigenvalue weighted by atomic mass is 9.89. The van der Waals surface area contributed by atoms with Crippen molar-refractivity contribution in [2.24, 2.45) is 5.92 Å². The molecule has 1 aliphatic rings. The molecule has 0 radical (unpaired) electrons. The average molecular weight is 357 g/mol. The molecule has 2 heterocycles. The number of ketones is 1. The topological polar surface area (TPSA) is 50.5 Å². The van der Waals surface area contributed by atoms with E-state index < -0.39 is 0 Å². The third-order valence-corrected chi connectivity index (χ3v) is 5.48. The molecule has 1 aromatic carbocycles. The fourth-order valence-corrected chi connectivity index (χ4v) is 3.93. The molecule has 0 spiro atoms. The van der Waals surface area contributed by atoms with E-state index in [2.05, 4.69) is 0 Å². The number of amides is 1. The van der Waals surface area contributed by atoms with Crippen molar-refractivity contribution in [1.82, 2.24) is 4.90 Å². The van der Waals surface area contributed by atoms with Crippen molar-refractivity contribution in [3.05, 3.63) is 54.0 Å². The van der Waals surface area contributed by atoms with Crippen LogP contribution in [0, 0.1) is 5.92 Å². The van der Waals surface area contributed by atoms with Gasteiger partial charge in [-0.2, -0.15) is 0 Å². The van der Waals surface area contributed by atoms with Gasteiger partial charge < -0.3 is 9.32 Å². The highest BCUT2D eigenvalue weighted by molar-refractivity contribution is 7.98. The van der Waals surface area contributed by atoms with E-state index in [-0.39, 0.29) is 17.6 Å². The van der Waals surface area contributed by atoms with E-state index in [1.165, 1.54) is 0 Å². The van der Waals surface area contributed by atoms with Crippen molar-refractivity contribution in [1.29, 1.82) is 0 Å². The first kappa shape index (κ1) is 17.8. The van der Waals surface area contributed by atoms with Crippen molar-refractivity contribution in [3.63, 3.8) is 0 Å². The second-order valence-electron chi connectivity index (χ2n) is 6.32. The molecule has 1 aliphatic heterocycles. The van der Waals surface area contributed by atoms with Gasteiger partial charge in [0.15, 0.2) is 5.78 Å². The zero-order valence-electron chi connectivity index (χ0n) is 14.4. The molecule has 1 saturated heterocycles. The second-order valence-corrected chi connectivity index (χ2v) is 7.17. The minimum absolute atomic E-state index is 0.102. The van der Waals surface area contributed by atoms with Crippen LogP contribution < -0.4 is 0 Å². The number of furan rings is 1. The van der Waals surface area contributed by atoms with E-state index in [1.54, 1.807) is 18.0 Å². The lowest BCUT2D eigenvalue weighted by Gasteiger charge is -2.32. The standard InChI is InChI=1S/C20H23NO3S/c1-25-18-9-3-2-8-17(18)20(23)15-6-4-12-21(14-15)19(22)11-10-16-7-5-13-24-16/h2-3,5,7-9,13,15H,4,6,10-12,14H2,1H3/t15-/m1/s1. The molecular weight excluding hydrogens is 334 g/mol. The second kappa shape index (κ2) is 8.39. The summed E-state index contributed by atoms with van der Waals surface area (Å²) in [7, 11) is 0. The predicted octanol–water partition coefficient (Wildman–Crippen LogP) is 4.06. The first-order chi connectivity index (χ1) is 12.2. The summed E-state index contributed by atoms with van der Waals surface area (Å²) in [5.41, 5.74) is 0.782. The number of carbonyl (C=O) groups excluding carboxylic acids is 2. The van der Waals surface area contributed by atoms with E-state index in [0.29, 0.717) is 19.4 Å². The predicted molar refractivity (Wildman–Crippen MR) is 98.9 cm³/mol. The molecule has 1 fully saturated rings. The summed E-state index contributed by atoms with van der Waals surface area (Å²) >= 11 is 1.59. The molecular formula is C20H23NO3S. The number of aryl methyl sites for hydroxylation is 1. The normalized spacial score (nSPS) is 17.5. The third kappa shape index (κ3) is 4.34. The van der Waals surface area contributed by atoms with Crippen LogP contribution in [0.3, 0.4) is 0 Å². The minimum atomic E-state index is -0.102. The zero-order chi connectivity index (χ0) is 17.6. The summed E-state index contributed by atoms with van der Waals surface area (Å²) in [5, 5.41) is 0. The lowest BCUT2D eigenvalue weighted by molar-refractivity contribution is -0.132. The zero-order valence-corrected chi connectivity index (χ0v) is 15.3. The maximum Gasteiger partial charge on any atom is 0.223 e. The highest BCUT2D eigenvalue weighted by Crippen LogP contribution is 2.27. The van der Waals surface area contributed by atoms with Crippen molar-refractivity contribution >= 4 is 23.5 Å². The van der Waals surface area contributed by atoms with Gasteiger partial charge in [-0.05, 0) is 37.3 Å². The molecule has 1 atom stereocenters. The lowest BCUT2D eigenvalue weighted by Crippen LogP contribution is -2.42. The maximum atomic E-state index is 12.9. The molecule has 0 N–H and O–H groups in total. The van der Waals surface area contributed by atoms with Crippen molar-refractivity contribution in [2.45, 2.75) is 30.6 Å². The third-order valence-electron chi connectivity index (χ3n) is 4.68. The van der Waals surface area contributed by atoms with Gasteiger partial charge in [0, 0.05) is 42.3 Å². The number of Topliss-reactive ketones (excluding diaryl/α,β-unsaturated/α-hetero) is 1. The van der Waals surface area contributed by atoms with E-state index in [4.69, 9.17) is 4.42 Å². The van der Waals surface area contributed by atoms with E-state index in [1.807, 2.05) is 47.6 Å². The summed E-state index contributed by atoms with van der Waals surface area (Å²) in [6.07, 6.45) is 6.37. The smallest absolute Gasteiger partial charge is 0.223 e. The van der Waals surface area contributed by atoms with Gasteiger partial charge in [0.2, 0.25) is 5.91 Å². The summed E-state index contributed by atoms with van der Waals surface area (Å²) in [6, 6.07) is 11.4. The van der Waals surface area contributed by atoms with E-state index in [0.717, 1.165) is 35.6 Å². The Morgan fingerprint density at radius 2 is 2.08 bits per heavy atom. The molecule has 0 saturated carbocycles. The molecule has 5 heteroatoms. The molecule has 0 unspecified atom stereocenters. The fraction of sp³-hybridized carbons (Fsp3) is 0.400. The quantitative estimate of drug-likeness (QED) is 0.578. The van der Waals surface area contributed by atoms with Gasteiger partial charge in [-0.3, -0.25) is 9.59 Å². The van der Waals surface area contributed by atoms with Gasteiger partial charge in [-0.1, -0.05) is 18.2 Å². The number of nitrogens with zero attached hydrogens (tertiary/aromatic N) is 1. The molecule has 25 heavy (non-hydrogen) atoms. The summed E-state index contributed by atoms with van der Waals surface area (Å²) in [5.74, 6) is 0.988. The Bertz CT molecular complexity index is 726. The highest BCUT2D eigenvalue weighted by Gasteiger charge is 2.29. The van der Waals surface area contributed by atoms with Gasteiger partial charge in [0.25, 0.3) is 0 Å². The molecule has 0 bridgehead atoms. The van der Waals surface area contributed by atoms with Gasteiger partial charge in [-0.25, -0.2) is 0 Å².